The molecule has 0 fully saturated rings. The first-order chi connectivity index (χ1) is 14.3. The van der Waals surface area contributed by atoms with Crippen LogP contribution in [0.1, 0.15) is 84.9 Å². The Kier molecular flexibility index (Phi) is 14.2. The van der Waals surface area contributed by atoms with E-state index in [1.165, 1.54) is 76.5 Å². The van der Waals surface area contributed by atoms with Crippen molar-refractivity contribution in [2.45, 2.75) is 131 Å². The van der Waals surface area contributed by atoms with E-state index in [4.69, 9.17) is 9.72 Å². The van der Waals surface area contributed by atoms with Crippen LogP contribution < -0.4 is 3.71 Å². The van der Waals surface area contributed by atoms with Gasteiger partial charge in [0.2, 0.25) is 0 Å². The summed E-state index contributed by atoms with van der Waals surface area (Å²) in [5, 5.41) is 0. The van der Waals surface area contributed by atoms with Gasteiger partial charge in [-0.3, -0.25) is 0 Å². The van der Waals surface area contributed by atoms with Crippen molar-refractivity contribution < 1.29 is 4.74 Å². The Morgan fingerprint density at radius 1 is 0.867 bits per heavy atom. The molecule has 1 heterocycles. The third-order valence-corrected chi connectivity index (χ3v) is 23.6. The number of unbranched alkanes of at least 4 members (excludes halogenated alkanes) is 4. The molecule has 176 valence electrons. The Bertz CT molecular complexity index is 546. The Labute approximate surface area is 193 Å². The van der Waals surface area contributed by atoms with Crippen LogP contribution in [0.25, 0.3) is 0 Å². The number of nitrogens with zero attached hydrogens (tertiary/aromatic N) is 2. The van der Waals surface area contributed by atoms with Gasteiger partial charge in [-0.1, -0.05) is 0 Å². The number of hydrogen-bond donors (Lipinski definition) is 0. The molecule has 0 N–H and O–H groups in total. The molecule has 30 heavy (non-hydrogen) atoms. The van der Waals surface area contributed by atoms with Gasteiger partial charge in [-0.25, -0.2) is 0 Å². The molecule has 1 aromatic heterocycles. The van der Waals surface area contributed by atoms with Crippen LogP contribution in [0.4, 0.5) is 0 Å². The van der Waals surface area contributed by atoms with Gasteiger partial charge in [-0.2, -0.15) is 0 Å². The van der Waals surface area contributed by atoms with Crippen LogP contribution >= 0.6 is 0 Å². The van der Waals surface area contributed by atoms with Crippen molar-refractivity contribution in [2.24, 2.45) is 0 Å². The molecule has 0 aliphatic carbocycles. The Hall–Kier alpha value is 0.186. The second kappa shape index (κ2) is 15.1. The van der Waals surface area contributed by atoms with Gasteiger partial charge >= 0.3 is 194 Å². The number of imidazole rings is 1. The monoisotopic (exact) mass is 544 g/mol. The topological polar surface area (TPSA) is 27.1 Å². The van der Waals surface area contributed by atoms with Gasteiger partial charge in [-0.05, 0) is 0 Å². The van der Waals surface area contributed by atoms with Crippen molar-refractivity contribution in [1.29, 1.82) is 0 Å². The Balaban J connectivity index is 3.21. The maximum absolute atomic E-state index is 6.32. The third-order valence-electron chi connectivity index (χ3n) is 6.48. The van der Waals surface area contributed by atoms with E-state index in [9.17, 15) is 0 Å². The molecule has 1 rings (SSSR count). The van der Waals surface area contributed by atoms with Crippen molar-refractivity contribution in [1.82, 2.24) is 9.55 Å². The summed E-state index contributed by atoms with van der Waals surface area (Å²) in [6.45, 7) is 18.3. The molecule has 1 aromatic rings. The van der Waals surface area contributed by atoms with Gasteiger partial charge in [0.25, 0.3) is 0 Å². The van der Waals surface area contributed by atoms with E-state index in [0.717, 1.165) is 19.8 Å². The molecule has 0 spiro atoms. The number of aromatic nitrogens is 2. The fourth-order valence-corrected chi connectivity index (χ4v) is 21.4. The van der Waals surface area contributed by atoms with Crippen LogP contribution in [-0.4, -0.2) is 42.6 Å². The van der Waals surface area contributed by atoms with Gasteiger partial charge < -0.3 is 0 Å². The SMILES string of the molecule is CCCCc1nc[c]([Sn]([CH2]CCC)([CH2]CCC)[CH2]CCC)n1COCC[Si](C)(C)C. The number of ether oxygens (including phenoxy) is 1. The summed E-state index contributed by atoms with van der Waals surface area (Å²) in [7, 11) is -1.05. The van der Waals surface area contributed by atoms with Crippen LogP contribution in [0.3, 0.4) is 0 Å². The Morgan fingerprint density at radius 2 is 1.40 bits per heavy atom. The first-order valence-corrected chi connectivity index (χ1v) is 24.1. The molecule has 0 amide bonds. The van der Waals surface area contributed by atoms with E-state index in [1.807, 2.05) is 0 Å². The normalized spacial score (nSPS) is 12.6. The molecule has 0 bridgehead atoms. The molecular formula is C25H52N2OSiSn. The zero-order chi connectivity index (χ0) is 22.5. The van der Waals surface area contributed by atoms with Crippen LogP contribution in [0.5, 0.6) is 0 Å². The molecule has 0 unspecified atom stereocenters. The van der Waals surface area contributed by atoms with E-state index >= 15 is 0 Å². The molecule has 5 heteroatoms. The average molecular weight is 544 g/mol. The maximum atomic E-state index is 6.32. The fraction of sp³-hybridized carbons (Fsp3) is 0.880. The van der Waals surface area contributed by atoms with Crippen LogP contribution in [0, 0.1) is 0 Å². The van der Waals surface area contributed by atoms with Gasteiger partial charge in [0.05, 0.1) is 0 Å². The van der Waals surface area contributed by atoms with Gasteiger partial charge in [0, 0.05) is 0 Å². The minimum atomic E-state index is -2.50. The first-order valence-electron chi connectivity index (χ1n) is 13.0. The summed E-state index contributed by atoms with van der Waals surface area (Å²) in [6, 6.07) is 1.25. The molecule has 0 aromatic carbocycles. The summed E-state index contributed by atoms with van der Waals surface area (Å²) in [5.74, 6) is 1.30. The number of aryl methyl sites for hydroxylation is 1. The number of rotatable bonds is 18. The predicted molar refractivity (Wildman–Crippen MR) is 139 cm³/mol. The van der Waals surface area contributed by atoms with Crippen molar-refractivity contribution >= 4 is 30.2 Å². The van der Waals surface area contributed by atoms with Crippen molar-refractivity contribution in [3.05, 3.63) is 12.0 Å². The standard InChI is InChI=1S/C13H25N2OSi.3C4H9.Sn/c1-5-6-7-13-14-8-9-15(13)12-16-10-11-17(2,3)4;3*1-3-4-2;/h8H,5-7,10-12H2,1-4H3;3*1,3-4H2,2H3;. The zero-order valence-electron chi connectivity index (χ0n) is 21.5. The van der Waals surface area contributed by atoms with E-state index in [1.54, 1.807) is 3.71 Å². The second-order valence-corrected chi connectivity index (χ2v) is 29.2. The van der Waals surface area contributed by atoms with Crippen molar-refractivity contribution in [3.63, 3.8) is 0 Å². The van der Waals surface area contributed by atoms with Crippen molar-refractivity contribution in [3.8, 4) is 0 Å². The summed E-state index contributed by atoms with van der Waals surface area (Å²) in [6.07, 6.45) is 14.0. The summed E-state index contributed by atoms with van der Waals surface area (Å²) < 4.78 is 15.1. The van der Waals surface area contributed by atoms with E-state index < -0.39 is 26.5 Å². The molecule has 0 atom stereocenters. The van der Waals surface area contributed by atoms with Gasteiger partial charge in [-0.15, -0.1) is 0 Å². The number of hydrogen-bond acceptors (Lipinski definition) is 2. The fourth-order valence-electron chi connectivity index (χ4n) is 4.35. The van der Waals surface area contributed by atoms with Crippen LogP contribution in [-0.2, 0) is 17.9 Å². The molecule has 0 aliphatic heterocycles. The predicted octanol–water partition coefficient (Wildman–Crippen LogP) is 7.59. The van der Waals surface area contributed by atoms with Gasteiger partial charge in [0.1, 0.15) is 0 Å². The van der Waals surface area contributed by atoms with E-state index in [-0.39, 0.29) is 0 Å². The summed E-state index contributed by atoms with van der Waals surface area (Å²) in [4.78, 5) is 5.02. The van der Waals surface area contributed by atoms with E-state index in [2.05, 4.69) is 58.1 Å². The quantitative estimate of drug-likeness (QED) is 0.141. The van der Waals surface area contributed by atoms with Crippen LogP contribution in [0.2, 0.25) is 39.0 Å². The second-order valence-electron chi connectivity index (χ2n) is 10.5. The van der Waals surface area contributed by atoms with Crippen LogP contribution in [0.15, 0.2) is 6.20 Å². The van der Waals surface area contributed by atoms with Gasteiger partial charge in [0.15, 0.2) is 0 Å². The first kappa shape index (κ1) is 28.2. The van der Waals surface area contributed by atoms with Crippen molar-refractivity contribution in [2.75, 3.05) is 6.61 Å². The summed E-state index contributed by atoms with van der Waals surface area (Å²) >= 11 is -2.50. The summed E-state index contributed by atoms with van der Waals surface area (Å²) in [5.41, 5.74) is 0. The minimum absolute atomic E-state index is 0.738. The molecule has 3 nitrogen and oxygen atoms in total. The molecule has 0 saturated carbocycles. The molecule has 0 saturated heterocycles. The third kappa shape index (κ3) is 9.77. The molecule has 0 radical (unpaired) electrons. The van der Waals surface area contributed by atoms with E-state index in [0.29, 0.717) is 0 Å². The average Bonchev–Trinajstić information content (AvgIpc) is 3.12. The Morgan fingerprint density at radius 3 is 1.87 bits per heavy atom. The molecular weight excluding hydrogens is 491 g/mol. The zero-order valence-corrected chi connectivity index (χ0v) is 25.3. The molecule has 0 aliphatic rings.